The number of rotatable bonds is 3. The lowest BCUT2D eigenvalue weighted by Gasteiger charge is -2.28. The summed E-state index contributed by atoms with van der Waals surface area (Å²) in [5, 5.41) is 10.7. The van der Waals surface area contributed by atoms with E-state index in [4.69, 9.17) is 11.2 Å². The van der Waals surface area contributed by atoms with Gasteiger partial charge >= 0.3 is 5.97 Å². The third-order valence-corrected chi connectivity index (χ3v) is 3.82. The Labute approximate surface area is 157 Å². The first-order valence-corrected chi connectivity index (χ1v) is 8.49. The van der Waals surface area contributed by atoms with Gasteiger partial charge in [0.2, 0.25) is 0 Å². The summed E-state index contributed by atoms with van der Waals surface area (Å²) in [4.78, 5) is 11.8. The zero-order valence-corrected chi connectivity index (χ0v) is 16.4. The molecule has 3 heteroatoms. The van der Waals surface area contributed by atoms with Crippen LogP contribution >= 0.6 is 0 Å². The molecule has 0 aliphatic heterocycles. The van der Waals surface area contributed by atoms with Gasteiger partial charge in [-0.2, -0.15) is 0 Å². The lowest BCUT2D eigenvalue weighted by Crippen LogP contribution is -2.18. The fraction of sp³-hybridized carbons (Fsp3) is 0.435. The molecule has 0 radical (unpaired) electrons. The number of esters is 1. The van der Waals surface area contributed by atoms with E-state index in [1.807, 2.05) is 12.1 Å². The maximum absolute atomic E-state index is 11.8. The largest absolute Gasteiger partial charge is 0.507 e. The molecule has 26 heavy (non-hydrogen) atoms. The van der Waals surface area contributed by atoms with E-state index in [-0.39, 0.29) is 17.3 Å². The van der Waals surface area contributed by atoms with E-state index >= 15 is 0 Å². The number of terminal acetylenes is 1. The molecular formula is C23H26O3. The number of benzene rings is 1. The average molecular weight is 350 g/mol. The first-order valence-electron chi connectivity index (χ1n) is 8.49. The smallest absolute Gasteiger partial charge is 0.320 e. The summed E-state index contributed by atoms with van der Waals surface area (Å²) in [5.41, 5.74) is 2.31. The molecule has 1 rings (SSSR count). The van der Waals surface area contributed by atoms with Gasteiger partial charge in [-0.15, -0.1) is 6.42 Å². The van der Waals surface area contributed by atoms with Gasteiger partial charge in [0.1, 0.15) is 11.9 Å². The quantitative estimate of drug-likeness (QED) is 0.660. The highest BCUT2D eigenvalue weighted by atomic mass is 16.5. The van der Waals surface area contributed by atoms with E-state index in [0.29, 0.717) is 12.2 Å². The van der Waals surface area contributed by atoms with Crippen molar-refractivity contribution in [1.82, 2.24) is 0 Å². The van der Waals surface area contributed by atoms with Crippen molar-refractivity contribution in [3.05, 3.63) is 28.8 Å². The van der Waals surface area contributed by atoms with Crippen molar-refractivity contribution in [3.63, 3.8) is 0 Å². The standard InChI is InChI=1S/C23H26O3/c1-8-9-10-11-14-26-20(24)13-12-17-15-18(22(2,3)4)21(25)19(16-17)23(5,6)7/h1,15-16,25H,12-13H2,2-7H3. The van der Waals surface area contributed by atoms with Crippen LogP contribution in [0.25, 0.3) is 0 Å². The summed E-state index contributed by atoms with van der Waals surface area (Å²) < 4.78 is 4.81. The van der Waals surface area contributed by atoms with E-state index in [1.54, 1.807) is 0 Å². The van der Waals surface area contributed by atoms with Gasteiger partial charge < -0.3 is 9.84 Å². The van der Waals surface area contributed by atoms with Gasteiger partial charge in [0.15, 0.2) is 0 Å². The molecule has 0 aliphatic carbocycles. The highest BCUT2D eigenvalue weighted by Gasteiger charge is 2.26. The summed E-state index contributed by atoms with van der Waals surface area (Å²) in [6.45, 7) is 12.3. The number of carbonyl (C=O) groups is 1. The highest BCUT2D eigenvalue weighted by molar-refractivity contribution is 5.71. The van der Waals surface area contributed by atoms with Crippen LogP contribution in [0.5, 0.6) is 5.75 Å². The second-order valence-corrected chi connectivity index (χ2v) is 8.14. The molecule has 0 fully saturated rings. The molecule has 136 valence electrons. The van der Waals surface area contributed by atoms with Crippen LogP contribution in [0.15, 0.2) is 12.1 Å². The van der Waals surface area contributed by atoms with Gasteiger partial charge in [-0.05, 0) is 45.8 Å². The lowest BCUT2D eigenvalue weighted by molar-refractivity contribution is -0.136. The van der Waals surface area contributed by atoms with E-state index in [9.17, 15) is 9.90 Å². The van der Waals surface area contributed by atoms with Crippen molar-refractivity contribution in [2.45, 2.75) is 65.2 Å². The number of hydrogen-bond acceptors (Lipinski definition) is 3. The van der Waals surface area contributed by atoms with Crippen LogP contribution in [0.4, 0.5) is 0 Å². The Bertz CT molecular complexity index is 797. The molecular weight excluding hydrogens is 324 g/mol. The number of phenolic OH excluding ortho intramolecular Hbond substituents is 1. The molecule has 0 saturated carbocycles. The number of carbonyl (C=O) groups excluding carboxylic acids is 1. The van der Waals surface area contributed by atoms with Gasteiger partial charge in [-0.3, -0.25) is 4.79 Å². The maximum atomic E-state index is 11.8. The molecule has 0 aliphatic rings. The van der Waals surface area contributed by atoms with Crippen molar-refractivity contribution in [2.75, 3.05) is 0 Å². The van der Waals surface area contributed by atoms with E-state index in [0.717, 1.165) is 16.7 Å². The normalized spacial score (nSPS) is 10.7. The molecule has 0 spiro atoms. The monoisotopic (exact) mass is 350 g/mol. The number of aromatic hydroxyl groups is 1. The van der Waals surface area contributed by atoms with E-state index in [1.165, 1.54) is 0 Å². The summed E-state index contributed by atoms with van der Waals surface area (Å²) in [5.74, 6) is 9.05. The van der Waals surface area contributed by atoms with E-state index < -0.39 is 5.97 Å². The van der Waals surface area contributed by atoms with Crippen molar-refractivity contribution in [3.8, 4) is 42.0 Å². The van der Waals surface area contributed by atoms with Gasteiger partial charge in [0.25, 0.3) is 0 Å². The van der Waals surface area contributed by atoms with Crippen molar-refractivity contribution in [2.24, 2.45) is 0 Å². The third kappa shape index (κ3) is 6.23. The van der Waals surface area contributed by atoms with Crippen molar-refractivity contribution < 1.29 is 14.6 Å². The van der Waals surface area contributed by atoms with Crippen LogP contribution in [0.1, 0.15) is 64.7 Å². The molecule has 0 aromatic heterocycles. The molecule has 0 atom stereocenters. The predicted octanol–water partition coefficient (Wildman–Crippen LogP) is 4.06. The molecule has 1 aromatic rings. The Morgan fingerprint density at radius 2 is 1.58 bits per heavy atom. The van der Waals surface area contributed by atoms with Crippen LogP contribution < -0.4 is 0 Å². The molecule has 1 aromatic carbocycles. The zero-order valence-electron chi connectivity index (χ0n) is 16.4. The summed E-state index contributed by atoms with van der Waals surface area (Å²) in [6, 6.07) is 3.92. The molecule has 0 saturated heterocycles. The Hall–Kier alpha value is -2.83. The Balaban J connectivity index is 3.01. The Morgan fingerprint density at radius 1 is 1.04 bits per heavy atom. The third-order valence-electron chi connectivity index (χ3n) is 3.82. The first-order chi connectivity index (χ1) is 12.0. The van der Waals surface area contributed by atoms with Gasteiger partial charge in [0.05, 0.1) is 6.42 Å². The molecule has 0 amide bonds. The summed E-state index contributed by atoms with van der Waals surface area (Å²) >= 11 is 0. The molecule has 0 unspecified atom stereocenters. The fourth-order valence-electron chi connectivity index (χ4n) is 2.45. The molecule has 3 nitrogen and oxygen atoms in total. The van der Waals surface area contributed by atoms with Crippen LogP contribution in [0.3, 0.4) is 0 Å². The lowest BCUT2D eigenvalue weighted by atomic mass is 9.78. The highest BCUT2D eigenvalue weighted by Crippen LogP contribution is 2.39. The molecule has 0 heterocycles. The van der Waals surface area contributed by atoms with Gasteiger partial charge in [-0.1, -0.05) is 53.7 Å². The zero-order chi connectivity index (χ0) is 20.0. The van der Waals surface area contributed by atoms with Crippen molar-refractivity contribution >= 4 is 5.97 Å². The van der Waals surface area contributed by atoms with Crippen LogP contribution in [0.2, 0.25) is 0 Å². The number of ether oxygens (including phenoxy) is 1. The minimum absolute atomic E-state index is 0.190. The second-order valence-electron chi connectivity index (χ2n) is 8.14. The van der Waals surface area contributed by atoms with Gasteiger partial charge in [0, 0.05) is 11.8 Å². The molecule has 0 bridgehead atoms. The number of phenols is 1. The second kappa shape index (κ2) is 8.51. The fourth-order valence-corrected chi connectivity index (χ4v) is 2.45. The van der Waals surface area contributed by atoms with Gasteiger partial charge in [-0.25, -0.2) is 0 Å². The number of hydrogen-bond donors (Lipinski definition) is 1. The first kappa shape index (κ1) is 21.2. The Kier molecular flexibility index (Phi) is 6.94. The SMILES string of the molecule is C#CC#CC#COC(=O)CCc1cc(C(C)(C)C)c(O)c(C(C)(C)C)c1. The minimum Gasteiger partial charge on any atom is -0.507 e. The topological polar surface area (TPSA) is 46.5 Å². The average Bonchev–Trinajstić information content (AvgIpc) is 2.51. The minimum atomic E-state index is -0.428. The summed E-state index contributed by atoms with van der Waals surface area (Å²) in [7, 11) is 0. The van der Waals surface area contributed by atoms with Crippen LogP contribution in [-0.2, 0) is 26.8 Å². The maximum Gasteiger partial charge on any atom is 0.320 e. The molecule has 1 N–H and O–H groups in total. The predicted molar refractivity (Wildman–Crippen MR) is 104 cm³/mol. The van der Waals surface area contributed by atoms with Crippen LogP contribution in [-0.4, -0.2) is 11.1 Å². The van der Waals surface area contributed by atoms with E-state index in [2.05, 4.69) is 71.3 Å². The van der Waals surface area contributed by atoms with Crippen LogP contribution in [0, 0.1) is 36.2 Å². The van der Waals surface area contributed by atoms with Crippen molar-refractivity contribution in [1.29, 1.82) is 0 Å². The number of aryl methyl sites for hydroxylation is 1. The Morgan fingerprint density at radius 3 is 2.04 bits per heavy atom. The summed E-state index contributed by atoms with van der Waals surface area (Å²) in [6.07, 6.45) is 7.88.